The molecule has 0 N–H and O–H groups in total. The minimum Gasteiger partial charge on any atom is -0.297 e. The van der Waals surface area contributed by atoms with Gasteiger partial charge in [-0.2, -0.15) is 0 Å². The Morgan fingerprint density at radius 1 is 1.57 bits per heavy atom. The molecular weight excluding hydrogens is 196 g/mol. The fourth-order valence-electron chi connectivity index (χ4n) is 1.48. The van der Waals surface area contributed by atoms with E-state index >= 15 is 0 Å². The van der Waals surface area contributed by atoms with Crippen LogP contribution in [0.25, 0.3) is 0 Å². The molecule has 0 radical (unpaired) electrons. The van der Waals surface area contributed by atoms with Crippen LogP contribution in [0.3, 0.4) is 0 Å². The highest BCUT2D eigenvalue weighted by Gasteiger charge is 2.47. The first-order valence-corrected chi connectivity index (χ1v) is 5.31. The number of hydrogen-bond acceptors (Lipinski definition) is 3. The van der Waals surface area contributed by atoms with Crippen LogP contribution < -0.4 is 0 Å². The van der Waals surface area contributed by atoms with E-state index in [9.17, 15) is 9.59 Å². The Morgan fingerprint density at radius 2 is 2.14 bits per heavy atom. The van der Waals surface area contributed by atoms with Crippen LogP contribution in [0.5, 0.6) is 0 Å². The van der Waals surface area contributed by atoms with Crippen LogP contribution in [0.4, 0.5) is 0 Å². The van der Waals surface area contributed by atoms with Gasteiger partial charge in [-0.05, 0) is 20.8 Å². The molecule has 1 fully saturated rings. The van der Waals surface area contributed by atoms with Crippen molar-refractivity contribution in [1.82, 2.24) is 0 Å². The van der Waals surface area contributed by atoms with Gasteiger partial charge >= 0.3 is 0 Å². The van der Waals surface area contributed by atoms with Gasteiger partial charge < -0.3 is 0 Å². The van der Waals surface area contributed by atoms with Crippen LogP contribution in [0.1, 0.15) is 20.8 Å². The maximum Gasteiger partial charge on any atom is 0.200 e. The van der Waals surface area contributed by atoms with Crippen LogP contribution in [0, 0.1) is 5.92 Å². The van der Waals surface area contributed by atoms with E-state index in [0.717, 1.165) is 17.3 Å². The van der Waals surface area contributed by atoms with Crippen molar-refractivity contribution in [3.8, 4) is 0 Å². The average molecular weight is 210 g/mol. The van der Waals surface area contributed by atoms with E-state index in [2.05, 4.69) is 6.58 Å². The number of thioether (sulfide) groups is 1. The summed E-state index contributed by atoms with van der Waals surface area (Å²) in [6.07, 6.45) is 3.50. The first-order chi connectivity index (χ1) is 6.40. The van der Waals surface area contributed by atoms with Crippen molar-refractivity contribution in [2.75, 3.05) is 0 Å². The number of carbonyl (C=O) groups excluding carboxylic acids is 2. The standard InChI is InChI=1S/C11H14O2S/c1-5-7(2)6-11(4)9(12)8(3)10(13)14-11/h5-6,8H,1H2,2-4H3/t8?,11-/m1/s1. The van der Waals surface area contributed by atoms with Crippen LogP contribution in [-0.4, -0.2) is 15.6 Å². The summed E-state index contributed by atoms with van der Waals surface area (Å²) in [5.74, 6) is -0.479. The lowest BCUT2D eigenvalue weighted by Gasteiger charge is -2.15. The van der Waals surface area contributed by atoms with Gasteiger partial charge in [0.1, 0.15) is 0 Å². The Kier molecular flexibility index (Phi) is 3.00. The van der Waals surface area contributed by atoms with Crippen molar-refractivity contribution in [3.63, 3.8) is 0 Å². The van der Waals surface area contributed by atoms with E-state index in [-0.39, 0.29) is 10.9 Å². The van der Waals surface area contributed by atoms with Gasteiger partial charge in [-0.3, -0.25) is 9.59 Å². The highest BCUT2D eigenvalue weighted by atomic mass is 32.2. The lowest BCUT2D eigenvalue weighted by atomic mass is 9.94. The minimum absolute atomic E-state index is 0.00583. The number of Topliss-reactive ketones (excluding diaryl/α,β-unsaturated/α-hetero) is 1. The van der Waals surface area contributed by atoms with Crippen molar-refractivity contribution in [1.29, 1.82) is 0 Å². The Bertz CT molecular complexity index is 330. The second-order valence-corrected chi connectivity index (χ2v) is 5.16. The zero-order valence-electron chi connectivity index (χ0n) is 8.66. The van der Waals surface area contributed by atoms with E-state index in [1.165, 1.54) is 0 Å². The monoisotopic (exact) mass is 210 g/mol. The van der Waals surface area contributed by atoms with Crippen molar-refractivity contribution in [2.24, 2.45) is 5.92 Å². The molecule has 14 heavy (non-hydrogen) atoms. The summed E-state index contributed by atoms with van der Waals surface area (Å²) in [6.45, 7) is 8.95. The molecule has 76 valence electrons. The highest BCUT2D eigenvalue weighted by Crippen LogP contribution is 2.41. The van der Waals surface area contributed by atoms with Gasteiger partial charge in [-0.25, -0.2) is 0 Å². The highest BCUT2D eigenvalue weighted by molar-refractivity contribution is 8.16. The third-order valence-electron chi connectivity index (χ3n) is 2.37. The largest absolute Gasteiger partial charge is 0.297 e. The Hall–Kier alpha value is -0.830. The molecule has 0 spiro atoms. The molecule has 1 rings (SSSR count). The molecule has 0 saturated carbocycles. The minimum atomic E-state index is -0.686. The quantitative estimate of drug-likeness (QED) is 0.518. The molecule has 0 aromatic carbocycles. The molecule has 0 aliphatic carbocycles. The molecule has 1 saturated heterocycles. The van der Waals surface area contributed by atoms with Crippen molar-refractivity contribution in [2.45, 2.75) is 25.5 Å². The number of allylic oxidation sites excluding steroid dienone is 2. The normalized spacial score (nSPS) is 33.6. The molecule has 1 heterocycles. The van der Waals surface area contributed by atoms with E-state index in [4.69, 9.17) is 0 Å². The third kappa shape index (κ3) is 1.82. The summed E-state index contributed by atoms with van der Waals surface area (Å²) in [6, 6.07) is 0. The van der Waals surface area contributed by atoms with Gasteiger partial charge in [-0.15, -0.1) is 0 Å². The molecule has 1 aliphatic rings. The molecule has 1 unspecified atom stereocenters. The number of carbonyl (C=O) groups is 2. The maximum atomic E-state index is 11.8. The third-order valence-corrected chi connectivity index (χ3v) is 3.67. The van der Waals surface area contributed by atoms with Crippen molar-refractivity contribution < 1.29 is 9.59 Å². The fourth-order valence-corrected chi connectivity index (χ4v) is 2.70. The zero-order chi connectivity index (χ0) is 10.9. The predicted octanol–water partition coefficient (Wildman–Crippen LogP) is 2.36. The molecule has 0 amide bonds. The van der Waals surface area contributed by atoms with Gasteiger partial charge in [-0.1, -0.05) is 36.1 Å². The molecule has 2 atom stereocenters. The van der Waals surface area contributed by atoms with Gasteiger partial charge in [0.05, 0.1) is 10.7 Å². The van der Waals surface area contributed by atoms with Crippen LogP contribution >= 0.6 is 11.8 Å². The molecule has 1 aliphatic heterocycles. The van der Waals surface area contributed by atoms with E-state index in [1.807, 2.05) is 13.0 Å². The summed E-state index contributed by atoms with van der Waals surface area (Å²) < 4.78 is -0.686. The average Bonchev–Trinajstić information content (AvgIpc) is 2.30. The lowest BCUT2D eigenvalue weighted by molar-refractivity contribution is -0.126. The van der Waals surface area contributed by atoms with Crippen LogP contribution in [-0.2, 0) is 9.59 Å². The molecule has 2 nitrogen and oxygen atoms in total. The van der Waals surface area contributed by atoms with Gasteiger partial charge in [0, 0.05) is 0 Å². The first kappa shape index (κ1) is 11.2. The van der Waals surface area contributed by atoms with Gasteiger partial charge in [0.2, 0.25) is 0 Å². The Balaban J connectivity index is 3.03. The summed E-state index contributed by atoms with van der Waals surface area (Å²) in [5.41, 5.74) is 0.926. The van der Waals surface area contributed by atoms with Crippen LogP contribution in [0.2, 0.25) is 0 Å². The smallest absolute Gasteiger partial charge is 0.200 e. The van der Waals surface area contributed by atoms with Crippen LogP contribution in [0.15, 0.2) is 24.3 Å². The van der Waals surface area contributed by atoms with E-state index < -0.39 is 10.7 Å². The fraction of sp³-hybridized carbons (Fsp3) is 0.455. The summed E-state index contributed by atoms with van der Waals surface area (Å²) in [5, 5.41) is -0.0365. The Labute approximate surface area is 88.4 Å². The second-order valence-electron chi connectivity index (χ2n) is 3.71. The zero-order valence-corrected chi connectivity index (χ0v) is 9.48. The molecule has 3 heteroatoms. The topological polar surface area (TPSA) is 34.1 Å². The molecular formula is C11H14O2S. The van der Waals surface area contributed by atoms with E-state index in [0.29, 0.717) is 0 Å². The molecule has 0 bridgehead atoms. The predicted molar refractivity (Wildman–Crippen MR) is 59.1 cm³/mol. The van der Waals surface area contributed by atoms with Gasteiger partial charge in [0.25, 0.3) is 0 Å². The number of rotatable bonds is 2. The van der Waals surface area contributed by atoms with Crippen molar-refractivity contribution >= 4 is 22.7 Å². The van der Waals surface area contributed by atoms with Crippen molar-refractivity contribution in [3.05, 3.63) is 24.3 Å². The lowest BCUT2D eigenvalue weighted by Crippen LogP contribution is -2.27. The van der Waals surface area contributed by atoms with E-state index in [1.54, 1.807) is 19.9 Å². The molecule has 0 aromatic heterocycles. The maximum absolute atomic E-state index is 11.8. The Morgan fingerprint density at radius 3 is 2.50 bits per heavy atom. The SMILES string of the molecule is C=CC(C)=C[C@@]1(C)SC(=O)C(C)C1=O. The summed E-state index contributed by atoms with van der Waals surface area (Å²) >= 11 is 1.12. The van der Waals surface area contributed by atoms with Gasteiger partial charge in [0.15, 0.2) is 10.9 Å². The summed E-state index contributed by atoms with van der Waals surface area (Å²) in [7, 11) is 0. The molecule has 0 aromatic rings. The first-order valence-electron chi connectivity index (χ1n) is 4.50. The summed E-state index contributed by atoms with van der Waals surface area (Å²) in [4.78, 5) is 23.1. The second kappa shape index (κ2) is 3.73. The number of hydrogen-bond donors (Lipinski definition) is 0. The number of ketones is 1.